The predicted molar refractivity (Wildman–Crippen MR) is 298 cm³/mol. The highest BCUT2D eigenvalue weighted by Crippen LogP contribution is 2.46. The molecule has 0 N–H and O–H groups in total. The van der Waals surface area contributed by atoms with Crippen molar-refractivity contribution in [3.05, 3.63) is 249 Å². The lowest BCUT2D eigenvalue weighted by Gasteiger charge is -2.19. The van der Waals surface area contributed by atoms with E-state index in [4.69, 9.17) is 8.83 Å². The van der Waals surface area contributed by atoms with Crippen LogP contribution in [0.4, 0.5) is 0 Å². The van der Waals surface area contributed by atoms with E-state index in [0.29, 0.717) is 0 Å². The lowest BCUT2D eigenvalue weighted by atomic mass is 9.85. The zero-order chi connectivity index (χ0) is 46.6. The molecule has 3 nitrogen and oxygen atoms in total. The average molecular weight is 904 g/mol. The van der Waals surface area contributed by atoms with Gasteiger partial charge in [0.15, 0.2) is 0 Å². The number of rotatable bonds is 6. The molecule has 3 aromatic heterocycles. The van der Waals surface area contributed by atoms with Crippen LogP contribution >= 0.6 is 0 Å². The van der Waals surface area contributed by atoms with Crippen molar-refractivity contribution in [1.82, 2.24) is 4.57 Å². The van der Waals surface area contributed by atoms with E-state index in [1.54, 1.807) is 0 Å². The van der Waals surface area contributed by atoms with E-state index in [9.17, 15) is 0 Å². The number of hydrogen-bond donors (Lipinski definition) is 0. The maximum atomic E-state index is 6.59. The van der Waals surface area contributed by atoms with Gasteiger partial charge in [0, 0.05) is 49.1 Å². The summed E-state index contributed by atoms with van der Waals surface area (Å²) in [5, 5.41) is 11.8. The summed E-state index contributed by atoms with van der Waals surface area (Å²) in [5.41, 5.74) is 18.5. The third-order valence-corrected chi connectivity index (χ3v) is 14.8. The van der Waals surface area contributed by atoms with Gasteiger partial charge in [-0.05, 0) is 109 Å². The monoisotopic (exact) mass is 903 g/mol. The van der Waals surface area contributed by atoms with Gasteiger partial charge < -0.3 is 13.4 Å². The largest absolute Gasteiger partial charge is 0.455 e. The molecule has 15 rings (SSSR count). The van der Waals surface area contributed by atoms with Gasteiger partial charge in [-0.2, -0.15) is 0 Å². The first kappa shape index (κ1) is 39.5. The molecule has 15 aromatic rings. The Morgan fingerprint density at radius 1 is 0.239 bits per heavy atom. The zero-order valence-corrected chi connectivity index (χ0v) is 38.4. The Kier molecular flexibility index (Phi) is 8.66. The van der Waals surface area contributed by atoms with E-state index in [2.05, 4.69) is 241 Å². The Balaban J connectivity index is 0.933. The molecule has 0 amide bonds. The minimum absolute atomic E-state index is 0.893. The van der Waals surface area contributed by atoms with Crippen LogP contribution in [0.5, 0.6) is 0 Å². The molecule has 0 fully saturated rings. The quantitative estimate of drug-likeness (QED) is 0.156. The lowest BCUT2D eigenvalue weighted by molar-refractivity contribution is 0.669. The molecule has 3 heterocycles. The van der Waals surface area contributed by atoms with Crippen LogP contribution in [0.25, 0.3) is 149 Å². The summed E-state index contributed by atoms with van der Waals surface area (Å²) in [6.45, 7) is 0. The molecule has 330 valence electrons. The van der Waals surface area contributed by atoms with E-state index >= 15 is 0 Å². The molecule has 12 aromatic carbocycles. The first-order valence-corrected chi connectivity index (χ1v) is 24.3. The summed E-state index contributed by atoms with van der Waals surface area (Å²) in [6.07, 6.45) is 0. The molecule has 0 unspecified atom stereocenters. The van der Waals surface area contributed by atoms with Crippen LogP contribution in [0.15, 0.2) is 258 Å². The van der Waals surface area contributed by atoms with Gasteiger partial charge in [0.05, 0.1) is 11.0 Å². The smallest absolute Gasteiger partial charge is 0.143 e. The van der Waals surface area contributed by atoms with E-state index in [-0.39, 0.29) is 0 Å². The molecule has 0 aliphatic carbocycles. The van der Waals surface area contributed by atoms with Crippen LogP contribution in [-0.4, -0.2) is 4.57 Å². The number of nitrogens with zero attached hydrogens (tertiary/aromatic N) is 1. The van der Waals surface area contributed by atoms with Gasteiger partial charge in [-0.3, -0.25) is 0 Å². The van der Waals surface area contributed by atoms with Crippen molar-refractivity contribution >= 4 is 87.2 Å². The van der Waals surface area contributed by atoms with Crippen molar-refractivity contribution in [2.45, 2.75) is 0 Å². The van der Waals surface area contributed by atoms with E-state index < -0.39 is 0 Å². The van der Waals surface area contributed by atoms with Gasteiger partial charge in [-0.1, -0.05) is 206 Å². The average Bonchev–Trinajstić information content (AvgIpc) is 4.12. The van der Waals surface area contributed by atoms with Crippen molar-refractivity contribution in [2.24, 2.45) is 0 Å². The summed E-state index contributed by atoms with van der Waals surface area (Å²) in [6, 6.07) is 90.1. The molecule has 0 radical (unpaired) electrons. The van der Waals surface area contributed by atoms with Crippen LogP contribution in [0, 0.1) is 0 Å². The van der Waals surface area contributed by atoms with E-state index in [0.717, 1.165) is 88.4 Å². The second-order valence-electron chi connectivity index (χ2n) is 18.7. The van der Waals surface area contributed by atoms with Crippen LogP contribution in [-0.2, 0) is 0 Å². The van der Waals surface area contributed by atoms with Crippen LogP contribution in [0.1, 0.15) is 0 Å². The fourth-order valence-electron chi connectivity index (χ4n) is 11.6. The second kappa shape index (κ2) is 15.5. The first-order valence-electron chi connectivity index (χ1n) is 24.3. The predicted octanol–water partition coefficient (Wildman–Crippen LogP) is 19.2. The number of hydrogen-bond acceptors (Lipinski definition) is 2. The van der Waals surface area contributed by atoms with Crippen LogP contribution in [0.3, 0.4) is 0 Å². The molecule has 0 spiro atoms. The third kappa shape index (κ3) is 6.10. The van der Waals surface area contributed by atoms with Gasteiger partial charge in [-0.25, -0.2) is 0 Å². The Labute approximate surface area is 408 Å². The Hall–Kier alpha value is -9.44. The molecule has 0 aliphatic rings. The number of fused-ring (bicyclic) bond motifs is 11. The molecule has 0 atom stereocenters. The zero-order valence-electron chi connectivity index (χ0n) is 38.4. The highest BCUT2D eigenvalue weighted by molar-refractivity contribution is 6.22. The molecule has 71 heavy (non-hydrogen) atoms. The third-order valence-electron chi connectivity index (χ3n) is 14.8. The molecular formula is C68H41NO2. The summed E-state index contributed by atoms with van der Waals surface area (Å²) in [5.74, 6) is 0. The van der Waals surface area contributed by atoms with Crippen molar-refractivity contribution in [3.63, 3.8) is 0 Å². The number of aromatic nitrogens is 1. The number of benzene rings is 12. The van der Waals surface area contributed by atoms with Gasteiger partial charge in [0.1, 0.15) is 22.3 Å². The van der Waals surface area contributed by atoms with Crippen molar-refractivity contribution < 1.29 is 8.83 Å². The minimum Gasteiger partial charge on any atom is -0.455 e. The SMILES string of the molecule is c1ccc(-c2c3ccccc3c(-c3ccccc3)c3cc(-c4ccc(-n5c6cc(-c7cccc8c7oc7ccccc78)ccc6c6ccc(-c7cccc8c7oc7ccccc78)cc65)cc4)ccc23)cc1. The summed E-state index contributed by atoms with van der Waals surface area (Å²) in [7, 11) is 0. The summed E-state index contributed by atoms with van der Waals surface area (Å²) in [4.78, 5) is 0. The highest BCUT2D eigenvalue weighted by atomic mass is 16.3. The van der Waals surface area contributed by atoms with E-state index in [1.807, 2.05) is 12.1 Å². The summed E-state index contributed by atoms with van der Waals surface area (Å²) >= 11 is 0. The number of furan rings is 2. The fraction of sp³-hybridized carbons (Fsp3) is 0. The molecule has 0 saturated heterocycles. The van der Waals surface area contributed by atoms with Gasteiger partial charge in [0.2, 0.25) is 0 Å². The van der Waals surface area contributed by atoms with Gasteiger partial charge >= 0.3 is 0 Å². The highest BCUT2D eigenvalue weighted by Gasteiger charge is 2.21. The first-order chi connectivity index (χ1) is 35.2. The molecule has 0 saturated carbocycles. The van der Waals surface area contributed by atoms with Crippen molar-refractivity contribution in [2.75, 3.05) is 0 Å². The van der Waals surface area contributed by atoms with Gasteiger partial charge in [-0.15, -0.1) is 0 Å². The molecular weight excluding hydrogens is 863 g/mol. The Morgan fingerprint density at radius 2 is 0.648 bits per heavy atom. The topological polar surface area (TPSA) is 31.2 Å². The van der Waals surface area contributed by atoms with Crippen molar-refractivity contribution in [1.29, 1.82) is 0 Å². The Bertz CT molecular complexity index is 4440. The molecule has 3 heteroatoms. The standard InChI is InChI=1S/C68H41NO2/c1-3-15-43(16-4-1)65-55-21-7-8-22-56(55)66(44-17-5-2-6-18-44)60-39-45(31-38-57(60)65)42-29-34-48(35-30-42)69-61-40-46(49-23-13-25-58-53-19-9-11-27-63(53)70-67(49)58)32-36-51(61)52-37-33-47(41-62(52)69)50-24-14-26-59-54-20-10-12-28-64(54)71-68(50)59/h1-41H. The fourth-order valence-corrected chi connectivity index (χ4v) is 11.6. The maximum absolute atomic E-state index is 6.59. The van der Waals surface area contributed by atoms with Gasteiger partial charge in [0.25, 0.3) is 0 Å². The lowest BCUT2D eigenvalue weighted by Crippen LogP contribution is -1.95. The van der Waals surface area contributed by atoms with E-state index in [1.165, 1.54) is 60.1 Å². The van der Waals surface area contributed by atoms with Crippen molar-refractivity contribution in [3.8, 4) is 61.3 Å². The van der Waals surface area contributed by atoms with Crippen LogP contribution in [0.2, 0.25) is 0 Å². The molecule has 0 aliphatic heterocycles. The number of para-hydroxylation sites is 4. The normalized spacial score (nSPS) is 11.9. The van der Waals surface area contributed by atoms with Crippen LogP contribution < -0.4 is 0 Å². The molecule has 0 bridgehead atoms. The minimum atomic E-state index is 0.893. The summed E-state index contributed by atoms with van der Waals surface area (Å²) < 4.78 is 15.6. The second-order valence-corrected chi connectivity index (χ2v) is 18.7. The Morgan fingerprint density at radius 3 is 1.18 bits per heavy atom. The maximum Gasteiger partial charge on any atom is 0.143 e.